The molecule has 1 aromatic rings. The number of urea groups is 1. The van der Waals surface area contributed by atoms with Gasteiger partial charge in [0.2, 0.25) is 0 Å². The van der Waals surface area contributed by atoms with Crippen molar-refractivity contribution in [3.8, 4) is 0 Å². The zero-order valence-electron chi connectivity index (χ0n) is 15.8. The molecule has 0 aromatic heterocycles. The highest BCUT2D eigenvalue weighted by Crippen LogP contribution is 2.47. The largest absolute Gasteiger partial charge is 0.380 e. The Kier molecular flexibility index (Phi) is 5.65. The van der Waals surface area contributed by atoms with Crippen molar-refractivity contribution in [3.05, 3.63) is 23.2 Å². The maximum Gasteiger partial charge on any atom is 0.319 e. The van der Waals surface area contributed by atoms with E-state index in [1.807, 2.05) is 12.1 Å². The maximum atomic E-state index is 12.6. The van der Waals surface area contributed by atoms with Crippen LogP contribution in [0.1, 0.15) is 20.8 Å². The number of ether oxygens (including phenoxy) is 2. The number of anilines is 2. The van der Waals surface area contributed by atoms with Crippen molar-refractivity contribution >= 4 is 29.0 Å². The third kappa shape index (κ3) is 3.63. The molecule has 1 aliphatic heterocycles. The number of morpholine rings is 1. The van der Waals surface area contributed by atoms with Crippen LogP contribution in [0.3, 0.4) is 0 Å². The van der Waals surface area contributed by atoms with Gasteiger partial charge in [0.15, 0.2) is 0 Å². The Labute approximate surface area is 160 Å². The third-order valence-electron chi connectivity index (χ3n) is 5.64. The molecule has 26 heavy (non-hydrogen) atoms. The van der Waals surface area contributed by atoms with Gasteiger partial charge >= 0.3 is 6.03 Å². The monoisotopic (exact) mass is 381 g/mol. The summed E-state index contributed by atoms with van der Waals surface area (Å²) in [5.74, 6) is 0.263. The van der Waals surface area contributed by atoms with Crippen molar-refractivity contribution in [2.75, 3.05) is 43.6 Å². The summed E-state index contributed by atoms with van der Waals surface area (Å²) in [5, 5.41) is 6.68. The lowest BCUT2D eigenvalue weighted by atomic mass is 9.58. The van der Waals surface area contributed by atoms with Crippen LogP contribution in [0.4, 0.5) is 16.2 Å². The van der Waals surface area contributed by atoms with E-state index in [2.05, 4.69) is 36.3 Å². The van der Waals surface area contributed by atoms with Gasteiger partial charge in [-0.15, -0.1) is 0 Å². The number of amides is 2. The molecule has 3 atom stereocenters. The molecule has 2 aliphatic rings. The van der Waals surface area contributed by atoms with E-state index in [0.29, 0.717) is 23.9 Å². The molecule has 1 saturated heterocycles. The molecule has 7 heteroatoms. The second-order valence-corrected chi connectivity index (χ2v) is 8.11. The number of carbonyl (C=O) groups excluding carboxylic acids is 1. The summed E-state index contributed by atoms with van der Waals surface area (Å²) >= 11 is 6.16. The van der Waals surface area contributed by atoms with Crippen LogP contribution in [0.5, 0.6) is 0 Å². The Bertz CT molecular complexity index is 661. The molecule has 2 N–H and O–H groups in total. The zero-order chi connectivity index (χ0) is 18.9. The first kappa shape index (κ1) is 19.3. The second kappa shape index (κ2) is 7.62. The molecule has 2 fully saturated rings. The molecule has 0 radical (unpaired) electrons. The standard InChI is InChI=1S/C19H28ClN3O3/c1-12-16(19(2,3)17(12)25-4)22-18(24)21-14-11-13(20)5-6-15(14)23-7-9-26-10-8-23/h5-6,11-12,16-17H,7-10H2,1-4H3,(H2,21,22,24)/t12-,16+,17+/m0/s1. The van der Waals surface area contributed by atoms with E-state index in [1.54, 1.807) is 13.2 Å². The average molecular weight is 382 g/mol. The number of nitrogens with one attached hydrogen (secondary N) is 2. The van der Waals surface area contributed by atoms with E-state index < -0.39 is 0 Å². The molecular weight excluding hydrogens is 354 g/mol. The summed E-state index contributed by atoms with van der Waals surface area (Å²) < 4.78 is 11.0. The summed E-state index contributed by atoms with van der Waals surface area (Å²) in [6.45, 7) is 9.28. The Morgan fingerprint density at radius 1 is 1.35 bits per heavy atom. The van der Waals surface area contributed by atoms with Gasteiger partial charge in [0.1, 0.15) is 0 Å². The van der Waals surface area contributed by atoms with Gasteiger partial charge in [-0.3, -0.25) is 0 Å². The van der Waals surface area contributed by atoms with E-state index in [9.17, 15) is 4.79 Å². The van der Waals surface area contributed by atoms with Crippen molar-refractivity contribution in [1.82, 2.24) is 5.32 Å². The number of nitrogens with zero attached hydrogens (tertiary/aromatic N) is 1. The Morgan fingerprint density at radius 3 is 2.65 bits per heavy atom. The number of hydrogen-bond donors (Lipinski definition) is 2. The fourth-order valence-electron chi connectivity index (χ4n) is 4.41. The molecule has 0 unspecified atom stereocenters. The minimum absolute atomic E-state index is 0.0541. The minimum atomic E-state index is -0.221. The van der Waals surface area contributed by atoms with Gasteiger partial charge < -0.3 is 25.0 Å². The predicted octanol–water partition coefficient (Wildman–Crippen LogP) is 3.36. The van der Waals surface area contributed by atoms with Gasteiger partial charge in [-0.05, 0) is 18.2 Å². The highest BCUT2D eigenvalue weighted by Gasteiger charge is 2.55. The number of benzene rings is 1. The molecule has 2 amide bonds. The van der Waals surface area contributed by atoms with Crippen molar-refractivity contribution in [2.24, 2.45) is 11.3 Å². The first-order chi connectivity index (χ1) is 12.3. The van der Waals surface area contributed by atoms with Crippen LogP contribution in [0.25, 0.3) is 0 Å². The van der Waals surface area contributed by atoms with E-state index in [4.69, 9.17) is 21.1 Å². The SMILES string of the molecule is CO[C@@H]1[C@@H](C)[C@@H](NC(=O)Nc2cc(Cl)ccc2N2CCOCC2)C1(C)C. The number of carbonyl (C=O) groups is 1. The van der Waals surface area contributed by atoms with Gasteiger partial charge in [-0.1, -0.05) is 32.4 Å². The fraction of sp³-hybridized carbons (Fsp3) is 0.632. The third-order valence-corrected chi connectivity index (χ3v) is 5.87. The van der Waals surface area contributed by atoms with Crippen molar-refractivity contribution < 1.29 is 14.3 Å². The van der Waals surface area contributed by atoms with E-state index in [0.717, 1.165) is 18.8 Å². The quantitative estimate of drug-likeness (QED) is 0.839. The molecule has 3 rings (SSSR count). The number of halogens is 1. The first-order valence-corrected chi connectivity index (χ1v) is 9.45. The molecule has 1 saturated carbocycles. The lowest BCUT2D eigenvalue weighted by Crippen LogP contribution is -2.68. The normalized spacial score (nSPS) is 27.6. The highest BCUT2D eigenvalue weighted by atomic mass is 35.5. The first-order valence-electron chi connectivity index (χ1n) is 9.07. The van der Waals surface area contributed by atoms with Gasteiger partial charge in [0.25, 0.3) is 0 Å². The predicted molar refractivity (Wildman–Crippen MR) is 104 cm³/mol. The van der Waals surface area contributed by atoms with Crippen LogP contribution in [0.15, 0.2) is 18.2 Å². The van der Waals surface area contributed by atoms with Crippen LogP contribution >= 0.6 is 11.6 Å². The second-order valence-electron chi connectivity index (χ2n) is 7.67. The summed E-state index contributed by atoms with van der Waals surface area (Å²) in [6.07, 6.45) is 0.142. The van der Waals surface area contributed by atoms with Crippen molar-refractivity contribution in [2.45, 2.75) is 32.9 Å². The van der Waals surface area contributed by atoms with Crippen LogP contribution in [-0.4, -0.2) is 51.6 Å². The van der Waals surface area contributed by atoms with E-state index in [1.165, 1.54) is 0 Å². The lowest BCUT2D eigenvalue weighted by Gasteiger charge is -2.56. The number of rotatable bonds is 4. The van der Waals surface area contributed by atoms with Gasteiger partial charge in [-0.25, -0.2) is 4.79 Å². The minimum Gasteiger partial charge on any atom is -0.380 e. The molecule has 1 aliphatic carbocycles. The van der Waals surface area contributed by atoms with Gasteiger partial charge in [0, 0.05) is 42.6 Å². The average Bonchev–Trinajstić information content (AvgIpc) is 2.61. The molecule has 1 heterocycles. The fourth-order valence-corrected chi connectivity index (χ4v) is 4.58. The molecular formula is C19H28ClN3O3. The topological polar surface area (TPSA) is 62.8 Å². The van der Waals surface area contributed by atoms with Crippen molar-refractivity contribution in [3.63, 3.8) is 0 Å². The van der Waals surface area contributed by atoms with Crippen LogP contribution in [0.2, 0.25) is 5.02 Å². The molecule has 1 aromatic carbocycles. The number of hydrogen-bond acceptors (Lipinski definition) is 4. The molecule has 0 bridgehead atoms. The van der Waals surface area contributed by atoms with Crippen LogP contribution in [0, 0.1) is 11.3 Å². The zero-order valence-corrected chi connectivity index (χ0v) is 16.6. The Balaban J connectivity index is 1.70. The van der Waals surface area contributed by atoms with E-state index >= 15 is 0 Å². The van der Waals surface area contributed by atoms with Crippen LogP contribution < -0.4 is 15.5 Å². The van der Waals surface area contributed by atoms with Gasteiger partial charge in [-0.2, -0.15) is 0 Å². The van der Waals surface area contributed by atoms with Gasteiger partial charge in [0.05, 0.1) is 30.7 Å². The molecule has 144 valence electrons. The maximum absolute atomic E-state index is 12.6. The number of methoxy groups -OCH3 is 1. The van der Waals surface area contributed by atoms with Crippen LogP contribution in [-0.2, 0) is 9.47 Å². The summed E-state index contributed by atoms with van der Waals surface area (Å²) in [6, 6.07) is 5.41. The molecule has 0 spiro atoms. The van der Waals surface area contributed by atoms with E-state index in [-0.39, 0.29) is 29.5 Å². The highest BCUT2D eigenvalue weighted by molar-refractivity contribution is 6.31. The summed E-state index contributed by atoms with van der Waals surface area (Å²) in [4.78, 5) is 14.8. The van der Waals surface area contributed by atoms with Crippen molar-refractivity contribution in [1.29, 1.82) is 0 Å². The lowest BCUT2D eigenvalue weighted by molar-refractivity contribution is -0.140. The Hall–Kier alpha value is -1.50. The smallest absolute Gasteiger partial charge is 0.319 e. The Morgan fingerprint density at radius 2 is 2.04 bits per heavy atom. The summed E-state index contributed by atoms with van der Waals surface area (Å²) in [5.41, 5.74) is 1.57. The summed E-state index contributed by atoms with van der Waals surface area (Å²) in [7, 11) is 1.72. The molecule has 6 nitrogen and oxygen atoms in total.